The number of carbonyl (C=O) groups is 2. The quantitative estimate of drug-likeness (QED) is 0.154. The highest BCUT2D eigenvalue weighted by Crippen LogP contribution is 2.00. The molecule has 1 rings (SSSR count). The van der Waals surface area contributed by atoms with E-state index in [1.807, 2.05) is 6.07 Å². The fourth-order valence-electron chi connectivity index (χ4n) is 2.43. The van der Waals surface area contributed by atoms with E-state index in [1.54, 1.807) is 24.3 Å². The van der Waals surface area contributed by atoms with E-state index in [2.05, 4.69) is 0 Å². The number of ether oxygens (including phenoxy) is 8. The minimum Gasteiger partial charge on any atom is -0.481 e. The zero-order valence-corrected chi connectivity index (χ0v) is 20.2. The van der Waals surface area contributed by atoms with Crippen molar-refractivity contribution < 1.29 is 52.6 Å². The van der Waals surface area contributed by atoms with Crippen molar-refractivity contribution >= 4 is 11.9 Å². The molecular weight excluding hydrogens is 464 g/mol. The van der Waals surface area contributed by atoms with Gasteiger partial charge in [0, 0.05) is 0 Å². The molecule has 0 bridgehead atoms. The highest BCUT2D eigenvalue weighted by molar-refractivity contribution is 5.89. The number of rotatable bonds is 25. The maximum absolute atomic E-state index is 11.7. The third-order valence-electron chi connectivity index (χ3n) is 4.16. The van der Waals surface area contributed by atoms with Crippen molar-refractivity contribution in [1.29, 1.82) is 0 Å². The van der Waals surface area contributed by atoms with Gasteiger partial charge in [-0.25, -0.2) is 4.79 Å². The Labute approximate surface area is 206 Å². The molecule has 0 aliphatic rings. The summed E-state index contributed by atoms with van der Waals surface area (Å²) in [6.07, 6.45) is -0.00410. The largest absolute Gasteiger partial charge is 0.481 e. The van der Waals surface area contributed by atoms with Gasteiger partial charge in [0.15, 0.2) is 0 Å². The van der Waals surface area contributed by atoms with Crippen molar-refractivity contribution in [2.45, 2.75) is 6.42 Å². The Morgan fingerprint density at radius 1 is 0.514 bits per heavy atom. The summed E-state index contributed by atoms with van der Waals surface area (Å²) in [6, 6.07) is 8.82. The Balaban J connectivity index is 1.68. The van der Waals surface area contributed by atoms with E-state index in [0.29, 0.717) is 91.5 Å². The van der Waals surface area contributed by atoms with Crippen LogP contribution in [-0.4, -0.2) is 116 Å². The second-order valence-electron chi connectivity index (χ2n) is 6.93. The lowest BCUT2D eigenvalue weighted by Crippen LogP contribution is -2.15. The van der Waals surface area contributed by atoms with Gasteiger partial charge in [-0.15, -0.1) is 0 Å². The van der Waals surface area contributed by atoms with Crippen molar-refractivity contribution in [2.24, 2.45) is 0 Å². The van der Waals surface area contributed by atoms with Crippen LogP contribution in [0.5, 0.6) is 0 Å². The molecule has 0 fully saturated rings. The smallest absolute Gasteiger partial charge is 0.338 e. The van der Waals surface area contributed by atoms with Gasteiger partial charge < -0.3 is 43.0 Å². The molecule has 11 heteroatoms. The van der Waals surface area contributed by atoms with Gasteiger partial charge in [0.05, 0.1) is 104 Å². The third-order valence-corrected chi connectivity index (χ3v) is 4.16. The summed E-state index contributed by atoms with van der Waals surface area (Å²) in [5.41, 5.74) is 0.520. The molecule has 1 aromatic rings. The Hall–Kier alpha value is -2.12. The normalized spacial score (nSPS) is 11.0. The van der Waals surface area contributed by atoms with E-state index < -0.39 is 5.97 Å². The second-order valence-corrected chi connectivity index (χ2v) is 6.93. The Bertz CT molecular complexity index is 627. The first-order valence-corrected chi connectivity index (χ1v) is 11.7. The van der Waals surface area contributed by atoms with E-state index in [4.69, 9.17) is 43.0 Å². The first-order valence-electron chi connectivity index (χ1n) is 11.7. The van der Waals surface area contributed by atoms with E-state index in [0.717, 1.165) is 0 Å². The maximum Gasteiger partial charge on any atom is 0.338 e. The molecule has 200 valence electrons. The number of carbonyl (C=O) groups excluding carboxylic acids is 1. The first-order chi connectivity index (χ1) is 17.2. The number of aliphatic carboxylic acids is 1. The summed E-state index contributed by atoms with van der Waals surface area (Å²) in [7, 11) is 0. The van der Waals surface area contributed by atoms with Crippen LogP contribution in [0.2, 0.25) is 0 Å². The minimum absolute atomic E-state index is 0.00410. The van der Waals surface area contributed by atoms with Crippen molar-refractivity contribution in [3.05, 3.63) is 35.9 Å². The fourth-order valence-corrected chi connectivity index (χ4v) is 2.43. The van der Waals surface area contributed by atoms with Crippen LogP contribution in [0.3, 0.4) is 0 Å². The van der Waals surface area contributed by atoms with Crippen LogP contribution >= 0.6 is 0 Å². The molecule has 35 heavy (non-hydrogen) atoms. The van der Waals surface area contributed by atoms with E-state index in [-0.39, 0.29) is 25.6 Å². The molecule has 0 saturated heterocycles. The zero-order valence-electron chi connectivity index (χ0n) is 20.2. The molecule has 0 heterocycles. The van der Waals surface area contributed by atoms with Crippen molar-refractivity contribution in [2.75, 3.05) is 99.1 Å². The lowest BCUT2D eigenvalue weighted by atomic mass is 10.2. The molecule has 11 nitrogen and oxygen atoms in total. The number of hydrogen-bond acceptors (Lipinski definition) is 10. The molecule has 0 aliphatic carbocycles. The van der Waals surface area contributed by atoms with Crippen molar-refractivity contribution in [3.63, 3.8) is 0 Å². The van der Waals surface area contributed by atoms with Gasteiger partial charge >= 0.3 is 11.9 Å². The molecule has 0 radical (unpaired) electrons. The maximum atomic E-state index is 11.7. The highest BCUT2D eigenvalue weighted by Gasteiger charge is 2.05. The van der Waals surface area contributed by atoms with Crippen molar-refractivity contribution in [3.8, 4) is 0 Å². The Morgan fingerprint density at radius 3 is 1.23 bits per heavy atom. The van der Waals surface area contributed by atoms with Gasteiger partial charge in [0.2, 0.25) is 0 Å². The lowest BCUT2D eigenvalue weighted by molar-refractivity contribution is -0.138. The summed E-state index contributed by atoms with van der Waals surface area (Å²) >= 11 is 0. The Morgan fingerprint density at radius 2 is 0.857 bits per heavy atom. The summed E-state index contributed by atoms with van der Waals surface area (Å²) in [5.74, 6) is -1.24. The topological polar surface area (TPSA) is 128 Å². The van der Waals surface area contributed by atoms with Crippen LogP contribution < -0.4 is 0 Å². The van der Waals surface area contributed by atoms with E-state index >= 15 is 0 Å². The molecule has 1 N–H and O–H groups in total. The van der Waals surface area contributed by atoms with Crippen LogP contribution in [0, 0.1) is 0 Å². The predicted octanol–water partition coefficient (Wildman–Crippen LogP) is 1.43. The van der Waals surface area contributed by atoms with Crippen LogP contribution in [-0.2, 0) is 42.7 Å². The summed E-state index contributed by atoms with van der Waals surface area (Å²) in [5, 5.41) is 8.46. The molecular formula is C24H38O11. The molecule has 0 amide bonds. The number of esters is 1. The van der Waals surface area contributed by atoms with E-state index in [9.17, 15) is 9.59 Å². The van der Waals surface area contributed by atoms with Gasteiger partial charge in [-0.2, -0.15) is 0 Å². The SMILES string of the molecule is O=C(O)CCOCCOCCOCCOCCOCCOCCOCCOC(=O)c1ccccc1. The van der Waals surface area contributed by atoms with Gasteiger partial charge in [0.25, 0.3) is 0 Å². The summed E-state index contributed by atoms with van der Waals surface area (Å²) in [4.78, 5) is 22.0. The molecule has 0 aromatic heterocycles. The lowest BCUT2D eigenvalue weighted by Gasteiger charge is -2.08. The minimum atomic E-state index is -0.877. The van der Waals surface area contributed by atoms with Crippen LogP contribution in [0.25, 0.3) is 0 Å². The third kappa shape index (κ3) is 20.9. The molecule has 0 atom stereocenters. The molecule has 0 saturated carbocycles. The number of hydrogen-bond donors (Lipinski definition) is 1. The Kier molecular flexibility index (Phi) is 20.9. The first kappa shape index (κ1) is 30.9. The highest BCUT2D eigenvalue weighted by atomic mass is 16.6. The predicted molar refractivity (Wildman–Crippen MR) is 125 cm³/mol. The van der Waals surface area contributed by atoms with Crippen LogP contribution in [0.15, 0.2) is 30.3 Å². The van der Waals surface area contributed by atoms with Gasteiger partial charge in [-0.3, -0.25) is 4.79 Å². The van der Waals surface area contributed by atoms with Crippen LogP contribution in [0.4, 0.5) is 0 Å². The summed E-state index contributed by atoms with van der Waals surface area (Å²) in [6.45, 7) is 6.01. The second kappa shape index (κ2) is 23.6. The van der Waals surface area contributed by atoms with Gasteiger partial charge in [-0.05, 0) is 12.1 Å². The fraction of sp³-hybridized carbons (Fsp3) is 0.667. The summed E-state index contributed by atoms with van der Waals surface area (Å²) < 4.78 is 42.4. The number of carboxylic acid groups (broad SMARTS) is 1. The average Bonchev–Trinajstić information content (AvgIpc) is 2.86. The molecule has 1 aromatic carbocycles. The standard InChI is InChI=1S/C24H38O11/c25-23(26)6-7-28-8-9-29-10-11-30-12-13-31-14-15-32-16-17-33-18-19-34-20-21-35-24(27)22-4-2-1-3-5-22/h1-5H,6-21H2,(H,25,26). The monoisotopic (exact) mass is 502 g/mol. The molecule has 0 spiro atoms. The van der Waals surface area contributed by atoms with Gasteiger partial charge in [0.1, 0.15) is 6.61 Å². The van der Waals surface area contributed by atoms with Crippen molar-refractivity contribution in [1.82, 2.24) is 0 Å². The number of benzene rings is 1. The zero-order chi connectivity index (χ0) is 25.2. The average molecular weight is 503 g/mol. The number of carboxylic acids is 1. The molecule has 0 aliphatic heterocycles. The van der Waals surface area contributed by atoms with E-state index in [1.165, 1.54) is 0 Å². The molecule has 0 unspecified atom stereocenters. The van der Waals surface area contributed by atoms with Gasteiger partial charge in [-0.1, -0.05) is 18.2 Å². The van der Waals surface area contributed by atoms with Crippen LogP contribution in [0.1, 0.15) is 16.8 Å².